The van der Waals surface area contributed by atoms with Crippen LogP contribution in [0.1, 0.15) is 18.1 Å². The Morgan fingerprint density at radius 1 is 1.53 bits per heavy atom. The van der Waals surface area contributed by atoms with Gasteiger partial charge in [0.15, 0.2) is 11.5 Å². The highest BCUT2D eigenvalue weighted by Gasteiger charge is 2.09. The van der Waals surface area contributed by atoms with Gasteiger partial charge in [-0.2, -0.15) is 0 Å². The SMILES string of the molecule is CCc1cc(CN=C=O)c(O)c(OC)c1. The van der Waals surface area contributed by atoms with E-state index in [-0.39, 0.29) is 12.3 Å². The third kappa shape index (κ3) is 2.58. The number of ether oxygens (including phenoxy) is 1. The molecule has 0 aliphatic rings. The van der Waals surface area contributed by atoms with Crippen LogP contribution >= 0.6 is 0 Å². The lowest BCUT2D eigenvalue weighted by molar-refractivity contribution is 0.370. The number of hydrogen-bond acceptors (Lipinski definition) is 4. The van der Waals surface area contributed by atoms with E-state index >= 15 is 0 Å². The zero-order valence-corrected chi connectivity index (χ0v) is 8.78. The van der Waals surface area contributed by atoms with Crippen molar-refractivity contribution in [3.8, 4) is 11.5 Å². The highest BCUT2D eigenvalue weighted by molar-refractivity contribution is 5.49. The second-order valence-corrected chi connectivity index (χ2v) is 3.07. The fourth-order valence-electron chi connectivity index (χ4n) is 1.33. The fourth-order valence-corrected chi connectivity index (χ4v) is 1.33. The number of hydrogen-bond donors (Lipinski definition) is 1. The number of phenolic OH excluding ortho intramolecular Hbond substituents is 1. The summed E-state index contributed by atoms with van der Waals surface area (Å²) in [5.41, 5.74) is 1.61. The van der Waals surface area contributed by atoms with E-state index in [0.717, 1.165) is 12.0 Å². The topological polar surface area (TPSA) is 58.9 Å². The lowest BCUT2D eigenvalue weighted by atomic mass is 10.1. The van der Waals surface area contributed by atoms with Crippen LogP contribution < -0.4 is 4.74 Å². The Morgan fingerprint density at radius 2 is 2.27 bits per heavy atom. The quantitative estimate of drug-likeness (QED) is 0.605. The minimum Gasteiger partial charge on any atom is -0.504 e. The molecule has 0 radical (unpaired) electrons. The Bertz CT molecular complexity index is 395. The minimum absolute atomic E-state index is 0.0358. The van der Waals surface area contributed by atoms with Crippen LogP contribution in [0, 0.1) is 0 Å². The van der Waals surface area contributed by atoms with Crippen LogP contribution in [0.5, 0.6) is 11.5 Å². The Labute approximate surface area is 88.2 Å². The summed E-state index contributed by atoms with van der Waals surface area (Å²) in [6.45, 7) is 2.12. The average molecular weight is 207 g/mol. The lowest BCUT2D eigenvalue weighted by Crippen LogP contribution is -1.92. The summed E-state index contributed by atoms with van der Waals surface area (Å²) >= 11 is 0. The molecule has 0 fully saturated rings. The monoisotopic (exact) mass is 207 g/mol. The van der Waals surface area contributed by atoms with Crippen molar-refractivity contribution in [2.45, 2.75) is 19.9 Å². The largest absolute Gasteiger partial charge is 0.504 e. The summed E-state index contributed by atoms with van der Waals surface area (Å²) < 4.78 is 5.02. The molecule has 0 aliphatic heterocycles. The van der Waals surface area contributed by atoms with Crippen molar-refractivity contribution < 1.29 is 14.6 Å². The smallest absolute Gasteiger partial charge is 0.235 e. The van der Waals surface area contributed by atoms with Crippen molar-refractivity contribution in [3.63, 3.8) is 0 Å². The van der Waals surface area contributed by atoms with Crippen molar-refractivity contribution in [2.75, 3.05) is 7.11 Å². The average Bonchev–Trinajstić information content (AvgIpc) is 2.27. The zero-order valence-electron chi connectivity index (χ0n) is 8.78. The van der Waals surface area contributed by atoms with Gasteiger partial charge >= 0.3 is 0 Å². The first kappa shape index (κ1) is 11.3. The molecular formula is C11H13NO3. The molecule has 1 aromatic carbocycles. The van der Waals surface area contributed by atoms with Gasteiger partial charge in [-0.25, -0.2) is 9.79 Å². The van der Waals surface area contributed by atoms with Crippen LogP contribution in [0.25, 0.3) is 0 Å². The number of methoxy groups -OCH3 is 1. The van der Waals surface area contributed by atoms with E-state index in [2.05, 4.69) is 4.99 Å². The molecule has 0 unspecified atom stereocenters. The Morgan fingerprint density at radius 3 is 2.80 bits per heavy atom. The molecule has 0 saturated heterocycles. The Hall–Kier alpha value is -1.80. The second kappa shape index (κ2) is 5.17. The van der Waals surface area contributed by atoms with E-state index in [9.17, 15) is 9.90 Å². The van der Waals surface area contributed by atoms with Crippen LogP contribution in [0.3, 0.4) is 0 Å². The lowest BCUT2D eigenvalue weighted by Gasteiger charge is -2.09. The maximum absolute atomic E-state index is 9.99. The Kier molecular flexibility index (Phi) is 3.89. The van der Waals surface area contributed by atoms with Gasteiger partial charge in [0.2, 0.25) is 6.08 Å². The molecule has 15 heavy (non-hydrogen) atoms. The molecular weight excluding hydrogens is 194 g/mol. The van der Waals surface area contributed by atoms with Crippen molar-refractivity contribution in [1.82, 2.24) is 0 Å². The molecule has 1 N–H and O–H groups in total. The molecule has 0 bridgehead atoms. The first-order valence-corrected chi connectivity index (χ1v) is 4.65. The number of aryl methyl sites for hydroxylation is 1. The maximum Gasteiger partial charge on any atom is 0.235 e. The molecule has 0 saturated carbocycles. The van der Waals surface area contributed by atoms with Gasteiger partial charge in [0.05, 0.1) is 13.7 Å². The van der Waals surface area contributed by atoms with E-state index in [0.29, 0.717) is 11.3 Å². The van der Waals surface area contributed by atoms with E-state index in [1.807, 2.05) is 6.92 Å². The van der Waals surface area contributed by atoms with Gasteiger partial charge in [-0.3, -0.25) is 0 Å². The van der Waals surface area contributed by atoms with E-state index in [1.54, 1.807) is 12.1 Å². The highest BCUT2D eigenvalue weighted by Crippen LogP contribution is 2.32. The molecule has 0 amide bonds. The molecule has 1 rings (SSSR count). The molecule has 0 atom stereocenters. The molecule has 0 heterocycles. The van der Waals surface area contributed by atoms with Crippen LogP contribution in [0.15, 0.2) is 17.1 Å². The third-order valence-corrected chi connectivity index (χ3v) is 2.16. The van der Waals surface area contributed by atoms with Gasteiger partial charge in [0, 0.05) is 5.56 Å². The van der Waals surface area contributed by atoms with E-state index in [4.69, 9.17) is 4.74 Å². The van der Waals surface area contributed by atoms with Gasteiger partial charge < -0.3 is 9.84 Å². The van der Waals surface area contributed by atoms with Crippen LogP contribution in [0.2, 0.25) is 0 Å². The number of benzene rings is 1. The molecule has 1 aromatic rings. The number of aromatic hydroxyl groups is 1. The van der Waals surface area contributed by atoms with E-state index in [1.165, 1.54) is 13.2 Å². The predicted molar refractivity (Wildman–Crippen MR) is 55.9 cm³/mol. The van der Waals surface area contributed by atoms with Gasteiger partial charge in [-0.1, -0.05) is 6.92 Å². The molecule has 80 valence electrons. The molecule has 0 aliphatic carbocycles. The minimum atomic E-state index is 0.0358. The van der Waals surface area contributed by atoms with Gasteiger partial charge in [-0.05, 0) is 24.1 Å². The molecule has 0 aromatic heterocycles. The standard InChI is InChI=1S/C11H13NO3/c1-3-8-4-9(6-12-7-13)11(14)10(5-8)15-2/h4-5,14H,3,6H2,1-2H3. The number of rotatable bonds is 4. The number of isocyanates is 1. The summed E-state index contributed by atoms with van der Waals surface area (Å²) in [6, 6.07) is 3.57. The van der Waals surface area contributed by atoms with Crippen molar-refractivity contribution in [2.24, 2.45) is 4.99 Å². The number of phenols is 1. The van der Waals surface area contributed by atoms with Crippen LogP contribution in [0.4, 0.5) is 0 Å². The number of nitrogens with zero attached hydrogens (tertiary/aromatic N) is 1. The maximum atomic E-state index is 9.99. The summed E-state index contributed by atoms with van der Waals surface area (Å²) in [5.74, 6) is 0.444. The Balaban J connectivity index is 3.17. The van der Waals surface area contributed by atoms with Crippen LogP contribution in [-0.2, 0) is 17.8 Å². The highest BCUT2D eigenvalue weighted by atomic mass is 16.5. The van der Waals surface area contributed by atoms with Gasteiger partial charge in [0.25, 0.3) is 0 Å². The molecule has 0 spiro atoms. The second-order valence-electron chi connectivity index (χ2n) is 3.07. The van der Waals surface area contributed by atoms with Crippen molar-refractivity contribution in [3.05, 3.63) is 23.3 Å². The predicted octanol–water partition coefficient (Wildman–Crippen LogP) is 1.80. The summed E-state index contributed by atoms with van der Waals surface area (Å²) in [5, 5.41) is 9.72. The number of carbonyl (C=O) groups excluding carboxylic acids is 1. The normalized spacial score (nSPS) is 9.47. The summed E-state index contributed by atoms with van der Waals surface area (Å²) in [6.07, 6.45) is 2.27. The van der Waals surface area contributed by atoms with E-state index < -0.39 is 0 Å². The fraction of sp³-hybridized carbons (Fsp3) is 0.364. The van der Waals surface area contributed by atoms with Crippen LogP contribution in [-0.4, -0.2) is 18.3 Å². The number of aliphatic imine (C=N–C) groups is 1. The van der Waals surface area contributed by atoms with Crippen molar-refractivity contribution >= 4 is 6.08 Å². The van der Waals surface area contributed by atoms with Gasteiger partial charge in [-0.15, -0.1) is 0 Å². The van der Waals surface area contributed by atoms with Gasteiger partial charge in [0.1, 0.15) is 0 Å². The first-order chi connectivity index (χ1) is 7.22. The third-order valence-electron chi connectivity index (χ3n) is 2.16. The zero-order chi connectivity index (χ0) is 11.3. The first-order valence-electron chi connectivity index (χ1n) is 4.65. The van der Waals surface area contributed by atoms with Crippen molar-refractivity contribution in [1.29, 1.82) is 0 Å². The molecule has 4 nitrogen and oxygen atoms in total. The molecule has 4 heteroatoms. The summed E-state index contributed by atoms with van der Waals surface area (Å²) in [4.78, 5) is 13.4. The summed E-state index contributed by atoms with van der Waals surface area (Å²) in [7, 11) is 1.49.